The van der Waals surface area contributed by atoms with E-state index < -0.39 is 18.0 Å². The van der Waals surface area contributed by atoms with Gasteiger partial charge in [0, 0.05) is 12.2 Å². The topological polar surface area (TPSA) is 65.0 Å². The predicted molar refractivity (Wildman–Crippen MR) is 68.6 cm³/mol. The number of benzene rings is 1. The molecule has 2 unspecified atom stereocenters. The molecule has 1 aliphatic heterocycles. The van der Waals surface area contributed by atoms with Crippen LogP contribution >= 0.6 is 0 Å². The first-order chi connectivity index (χ1) is 9.19. The summed E-state index contributed by atoms with van der Waals surface area (Å²) in [6.45, 7) is 0.564. The van der Waals surface area contributed by atoms with Crippen LogP contribution in [0, 0.1) is 5.92 Å². The first kappa shape index (κ1) is 13.7. The fourth-order valence-corrected chi connectivity index (χ4v) is 2.48. The molecule has 19 heavy (non-hydrogen) atoms. The van der Waals surface area contributed by atoms with Gasteiger partial charge in [-0.05, 0) is 18.9 Å². The summed E-state index contributed by atoms with van der Waals surface area (Å²) in [6.07, 6.45) is 0.886. The molecular weight excluding hydrogens is 248 g/mol. The molecule has 1 saturated heterocycles. The maximum atomic E-state index is 11.3. The van der Waals surface area contributed by atoms with Crippen LogP contribution in [0.1, 0.15) is 24.5 Å². The van der Waals surface area contributed by atoms with Crippen molar-refractivity contribution in [2.45, 2.75) is 18.9 Å². The summed E-state index contributed by atoms with van der Waals surface area (Å²) in [5, 5.41) is 9.31. The Morgan fingerprint density at radius 2 is 2.16 bits per heavy atom. The minimum absolute atomic E-state index is 0.490. The highest BCUT2D eigenvalue weighted by Crippen LogP contribution is 2.42. The molecule has 0 aromatic heterocycles. The van der Waals surface area contributed by atoms with Crippen molar-refractivity contribution in [1.29, 1.82) is 0 Å². The SMILES string of the molecule is COc1cccc(C2OCCCC2C(=O)O)c1OC. The lowest BCUT2D eigenvalue weighted by Crippen LogP contribution is -2.29. The lowest BCUT2D eigenvalue weighted by molar-refractivity contribution is -0.152. The number of methoxy groups -OCH3 is 2. The number of rotatable bonds is 4. The van der Waals surface area contributed by atoms with Crippen LogP contribution in [0.5, 0.6) is 11.5 Å². The molecule has 1 fully saturated rings. The fraction of sp³-hybridized carbons (Fsp3) is 0.500. The second-order valence-electron chi connectivity index (χ2n) is 4.46. The van der Waals surface area contributed by atoms with Gasteiger partial charge in [0.15, 0.2) is 11.5 Å². The number of aliphatic carboxylic acids is 1. The van der Waals surface area contributed by atoms with Gasteiger partial charge in [0.25, 0.3) is 0 Å². The minimum Gasteiger partial charge on any atom is -0.493 e. The van der Waals surface area contributed by atoms with Gasteiger partial charge in [0.05, 0.1) is 26.2 Å². The molecule has 0 bridgehead atoms. The van der Waals surface area contributed by atoms with Gasteiger partial charge in [0.2, 0.25) is 0 Å². The molecule has 1 heterocycles. The summed E-state index contributed by atoms with van der Waals surface area (Å²) in [7, 11) is 3.10. The van der Waals surface area contributed by atoms with Gasteiger partial charge in [-0.25, -0.2) is 0 Å². The highest BCUT2D eigenvalue weighted by molar-refractivity contribution is 5.71. The van der Waals surface area contributed by atoms with Gasteiger partial charge in [0.1, 0.15) is 0 Å². The van der Waals surface area contributed by atoms with E-state index in [1.807, 2.05) is 12.1 Å². The number of para-hydroxylation sites is 1. The molecule has 1 aliphatic rings. The van der Waals surface area contributed by atoms with Gasteiger partial charge in [-0.2, -0.15) is 0 Å². The normalized spacial score (nSPS) is 22.8. The highest BCUT2D eigenvalue weighted by atomic mass is 16.5. The van der Waals surface area contributed by atoms with Crippen LogP contribution in [-0.2, 0) is 9.53 Å². The Morgan fingerprint density at radius 1 is 1.37 bits per heavy atom. The summed E-state index contributed by atoms with van der Waals surface area (Å²) in [5.74, 6) is -0.259. The largest absolute Gasteiger partial charge is 0.493 e. The van der Waals surface area contributed by atoms with Gasteiger partial charge in [-0.3, -0.25) is 4.79 Å². The van der Waals surface area contributed by atoms with Crippen LogP contribution in [0.3, 0.4) is 0 Å². The number of carboxylic acid groups (broad SMARTS) is 1. The third-order valence-corrected chi connectivity index (χ3v) is 3.38. The molecule has 0 aliphatic carbocycles. The average Bonchev–Trinajstić information content (AvgIpc) is 2.46. The van der Waals surface area contributed by atoms with Crippen LogP contribution < -0.4 is 9.47 Å². The molecule has 1 aromatic carbocycles. The second kappa shape index (κ2) is 5.93. The van der Waals surface area contributed by atoms with Crippen molar-refractivity contribution in [3.05, 3.63) is 23.8 Å². The standard InChI is InChI=1S/C14H18O5/c1-17-11-7-3-5-9(13(11)18-2)12-10(14(15)16)6-4-8-19-12/h3,5,7,10,12H,4,6,8H2,1-2H3,(H,15,16). The number of hydrogen-bond donors (Lipinski definition) is 1. The third kappa shape index (κ3) is 2.66. The molecule has 5 nitrogen and oxygen atoms in total. The van der Waals surface area contributed by atoms with E-state index in [0.717, 1.165) is 12.0 Å². The maximum Gasteiger partial charge on any atom is 0.309 e. The van der Waals surface area contributed by atoms with Crippen molar-refractivity contribution in [1.82, 2.24) is 0 Å². The Hall–Kier alpha value is -1.75. The summed E-state index contributed by atoms with van der Waals surface area (Å²) >= 11 is 0. The summed E-state index contributed by atoms with van der Waals surface area (Å²) < 4.78 is 16.2. The van der Waals surface area contributed by atoms with Crippen LogP contribution in [0.25, 0.3) is 0 Å². The van der Waals surface area contributed by atoms with Crippen LogP contribution in [-0.4, -0.2) is 31.9 Å². The zero-order valence-corrected chi connectivity index (χ0v) is 11.1. The van der Waals surface area contributed by atoms with Gasteiger partial charge in [-0.15, -0.1) is 0 Å². The molecule has 2 atom stereocenters. The first-order valence-corrected chi connectivity index (χ1v) is 6.24. The lowest BCUT2D eigenvalue weighted by atomic mass is 9.89. The molecule has 5 heteroatoms. The number of carbonyl (C=O) groups is 1. The Balaban J connectivity index is 2.41. The Kier molecular flexibility index (Phi) is 4.27. The molecule has 1 N–H and O–H groups in total. The zero-order chi connectivity index (χ0) is 13.8. The van der Waals surface area contributed by atoms with E-state index >= 15 is 0 Å². The van der Waals surface area contributed by atoms with E-state index in [-0.39, 0.29) is 0 Å². The average molecular weight is 266 g/mol. The summed E-state index contributed by atoms with van der Waals surface area (Å²) in [6, 6.07) is 5.42. The van der Waals surface area contributed by atoms with E-state index in [9.17, 15) is 9.90 Å². The molecular formula is C14H18O5. The van der Waals surface area contributed by atoms with E-state index in [2.05, 4.69) is 0 Å². The van der Waals surface area contributed by atoms with Crippen molar-refractivity contribution >= 4 is 5.97 Å². The second-order valence-corrected chi connectivity index (χ2v) is 4.46. The molecule has 0 spiro atoms. The molecule has 104 valence electrons. The van der Waals surface area contributed by atoms with Crippen LogP contribution in [0.2, 0.25) is 0 Å². The van der Waals surface area contributed by atoms with E-state index in [4.69, 9.17) is 14.2 Å². The predicted octanol–water partition coefficient (Wildman–Crippen LogP) is 2.26. The van der Waals surface area contributed by atoms with Crippen molar-refractivity contribution < 1.29 is 24.1 Å². The zero-order valence-electron chi connectivity index (χ0n) is 11.1. The highest BCUT2D eigenvalue weighted by Gasteiger charge is 2.35. The smallest absolute Gasteiger partial charge is 0.309 e. The fourth-order valence-electron chi connectivity index (χ4n) is 2.48. The quantitative estimate of drug-likeness (QED) is 0.905. The summed E-state index contributed by atoms with van der Waals surface area (Å²) in [4.78, 5) is 11.3. The van der Waals surface area contributed by atoms with Crippen molar-refractivity contribution in [2.75, 3.05) is 20.8 Å². The monoisotopic (exact) mass is 266 g/mol. The van der Waals surface area contributed by atoms with E-state index in [0.29, 0.717) is 24.5 Å². The lowest BCUT2D eigenvalue weighted by Gasteiger charge is -2.30. The van der Waals surface area contributed by atoms with E-state index in [1.165, 1.54) is 0 Å². The van der Waals surface area contributed by atoms with Gasteiger partial charge in [-0.1, -0.05) is 12.1 Å². The number of carboxylic acids is 1. The number of ether oxygens (including phenoxy) is 3. The number of hydrogen-bond acceptors (Lipinski definition) is 4. The molecule has 1 aromatic rings. The summed E-state index contributed by atoms with van der Waals surface area (Å²) in [5.41, 5.74) is 0.731. The molecule has 2 rings (SSSR count). The Bertz CT molecular complexity index is 457. The molecule has 0 saturated carbocycles. The molecule has 0 radical (unpaired) electrons. The van der Waals surface area contributed by atoms with Gasteiger partial charge >= 0.3 is 5.97 Å². The maximum absolute atomic E-state index is 11.3. The van der Waals surface area contributed by atoms with Crippen molar-refractivity contribution in [3.8, 4) is 11.5 Å². The van der Waals surface area contributed by atoms with Crippen LogP contribution in [0.4, 0.5) is 0 Å². The van der Waals surface area contributed by atoms with Crippen molar-refractivity contribution in [2.24, 2.45) is 5.92 Å². The van der Waals surface area contributed by atoms with Crippen molar-refractivity contribution in [3.63, 3.8) is 0 Å². The van der Waals surface area contributed by atoms with E-state index in [1.54, 1.807) is 20.3 Å². The first-order valence-electron chi connectivity index (χ1n) is 6.24. The van der Waals surface area contributed by atoms with Gasteiger partial charge < -0.3 is 19.3 Å². The Labute approximate surface area is 112 Å². The molecule has 0 amide bonds. The third-order valence-electron chi connectivity index (χ3n) is 3.38. The minimum atomic E-state index is -0.838. The Morgan fingerprint density at radius 3 is 2.79 bits per heavy atom. The van der Waals surface area contributed by atoms with Crippen LogP contribution in [0.15, 0.2) is 18.2 Å².